The van der Waals surface area contributed by atoms with Crippen LogP contribution in [0.1, 0.15) is 0 Å². The van der Waals surface area contributed by atoms with Crippen LogP contribution in [0.2, 0.25) is 0 Å². The normalized spacial score (nSPS) is 13.9. The molecule has 0 radical (unpaired) electrons. The Hall–Kier alpha value is -1.42. The molecule has 156 valence electrons. The van der Waals surface area contributed by atoms with Crippen molar-refractivity contribution >= 4 is 11.9 Å². The van der Waals surface area contributed by atoms with Crippen molar-refractivity contribution in [2.45, 2.75) is 36.0 Å². The number of hydrogen-bond acceptors (Lipinski definition) is 4. The van der Waals surface area contributed by atoms with Crippen LogP contribution in [-0.2, 0) is 29.1 Å². The van der Waals surface area contributed by atoms with Crippen molar-refractivity contribution in [1.29, 1.82) is 0 Å². The first-order valence-electron chi connectivity index (χ1n) is 4.96. The van der Waals surface area contributed by atoms with Crippen molar-refractivity contribution in [3.8, 4) is 0 Å². The van der Waals surface area contributed by atoms with Gasteiger partial charge in [-0.05, 0) is 0 Å². The Balaban J connectivity index is -0.000000411. The van der Waals surface area contributed by atoms with Crippen LogP contribution in [0.25, 0.3) is 0 Å². The number of carbonyl (C=O) groups excluding carboxylic acids is 2. The zero-order chi connectivity index (χ0) is 22.2. The first-order chi connectivity index (χ1) is 10.9. The summed E-state index contributed by atoms with van der Waals surface area (Å²) < 4.78 is 160. The third-order valence-electron chi connectivity index (χ3n) is 2.13. The van der Waals surface area contributed by atoms with Crippen LogP contribution in [0.4, 0.5) is 61.5 Å². The van der Waals surface area contributed by atoms with Crippen molar-refractivity contribution in [2.75, 3.05) is 0 Å². The number of carboxylic acid groups (broad SMARTS) is 2. The third kappa shape index (κ3) is 5.78. The van der Waals surface area contributed by atoms with Gasteiger partial charge in [-0.2, -0.15) is 52.7 Å². The van der Waals surface area contributed by atoms with E-state index in [2.05, 4.69) is 0 Å². The van der Waals surface area contributed by atoms with E-state index in [1.807, 2.05) is 0 Å². The van der Waals surface area contributed by atoms with E-state index in [4.69, 9.17) is 0 Å². The summed E-state index contributed by atoms with van der Waals surface area (Å²) in [7, 11) is 0. The van der Waals surface area contributed by atoms with Crippen molar-refractivity contribution in [3.05, 3.63) is 0 Å². The standard InChI is InChI=1S/2C4HF7O2.Zn/c2*5-2(1(12)13,3(6,7)8)4(9,10)11;/h2*(H,12,13);/q;;+2/p-2. The smallest absolute Gasteiger partial charge is 0.546 e. The van der Waals surface area contributed by atoms with E-state index < -0.39 is 48.0 Å². The van der Waals surface area contributed by atoms with E-state index in [9.17, 15) is 81.3 Å². The molecule has 0 saturated carbocycles. The van der Waals surface area contributed by atoms with Crippen LogP contribution in [0, 0.1) is 0 Å². The van der Waals surface area contributed by atoms with E-state index in [0.29, 0.717) is 0 Å². The summed E-state index contributed by atoms with van der Waals surface area (Å²) in [5.41, 5.74) is -12.6. The molecule has 0 unspecified atom stereocenters. The van der Waals surface area contributed by atoms with Crippen LogP contribution >= 0.6 is 0 Å². The molecule has 0 saturated heterocycles. The summed E-state index contributed by atoms with van der Waals surface area (Å²) >= 11 is 0. The Morgan fingerprint density at radius 2 is 0.556 bits per heavy atom. The van der Waals surface area contributed by atoms with E-state index >= 15 is 0 Å². The van der Waals surface area contributed by atoms with Crippen LogP contribution in [-0.4, -0.2) is 48.0 Å². The molecule has 27 heavy (non-hydrogen) atoms. The largest absolute Gasteiger partial charge is 2.00 e. The molecule has 0 aromatic rings. The summed E-state index contributed by atoms with van der Waals surface area (Å²) in [5, 5.41) is 18.8. The molecule has 0 aliphatic heterocycles. The van der Waals surface area contributed by atoms with Crippen LogP contribution in [0.3, 0.4) is 0 Å². The molecule has 0 atom stereocenters. The molecule has 0 fully saturated rings. The molecule has 0 aliphatic rings. The summed E-state index contributed by atoms with van der Waals surface area (Å²) in [5.74, 6) is -7.76. The molecule has 0 aromatic heterocycles. The zero-order valence-electron chi connectivity index (χ0n) is 11.6. The Morgan fingerprint density at radius 1 is 0.444 bits per heavy atom. The molecule has 0 heterocycles. The van der Waals surface area contributed by atoms with Gasteiger partial charge in [-0.1, -0.05) is 0 Å². The van der Waals surface area contributed by atoms with Gasteiger partial charge in [0, 0.05) is 0 Å². The Bertz CT molecular complexity index is 453. The molecule has 0 aromatic carbocycles. The maximum absolute atomic E-state index is 12.0. The quantitative estimate of drug-likeness (QED) is 0.429. The first-order valence-corrected chi connectivity index (χ1v) is 4.96. The van der Waals surface area contributed by atoms with Gasteiger partial charge in [0.2, 0.25) is 0 Å². The molecule has 4 nitrogen and oxygen atoms in total. The fraction of sp³-hybridized carbons (Fsp3) is 0.750. The molecule has 0 aliphatic carbocycles. The summed E-state index contributed by atoms with van der Waals surface area (Å²) in [6.07, 6.45) is -26.4. The molecule has 0 rings (SSSR count). The third-order valence-corrected chi connectivity index (χ3v) is 2.13. The van der Waals surface area contributed by atoms with Crippen molar-refractivity contribution < 1.29 is 101 Å². The minimum absolute atomic E-state index is 0. The fourth-order valence-corrected chi connectivity index (χ4v) is 0.784. The maximum Gasteiger partial charge on any atom is 2.00 e. The number of carbonyl (C=O) groups is 2. The van der Waals surface area contributed by atoms with E-state index in [0.717, 1.165) is 0 Å². The average molecular weight is 491 g/mol. The second kappa shape index (κ2) is 8.30. The first kappa shape index (κ1) is 30.3. The summed E-state index contributed by atoms with van der Waals surface area (Å²) in [6, 6.07) is 0. The number of halogens is 14. The number of alkyl halides is 14. The Labute approximate surface area is 149 Å². The maximum atomic E-state index is 12.0. The van der Waals surface area contributed by atoms with Gasteiger partial charge < -0.3 is 19.8 Å². The van der Waals surface area contributed by atoms with E-state index in [1.165, 1.54) is 0 Å². The monoisotopic (exact) mass is 490 g/mol. The van der Waals surface area contributed by atoms with Gasteiger partial charge in [0.15, 0.2) is 0 Å². The van der Waals surface area contributed by atoms with Crippen LogP contribution in [0.15, 0.2) is 0 Å². The SMILES string of the molecule is O=C([O-])C(F)(C(F)(F)F)C(F)(F)F.O=C([O-])C(F)(C(F)(F)F)C(F)(F)F.[Zn+2]. The average Bonchev–Trinajstić information content (AvgIpc) is 2.31. The topological polar surface area (TPSA) is 80.3 Å². The van der Waals surface area contributed by atoms with E-state index in [1.54, 1.807) is 0 Å². The Morgan fingerprint density at radius 3 is 0.556 bits per heavy atom. The van der Waals surface area contributed by atoms with Gasteiger partial charge in [-0.25, -0.2) is 8.78 Å². The van der Waals surface area contributed by atoms with Gasteiger partial charge in [-0.15, -0.1) is 0 Å². The predicted octanol–water partition coefficient (Wildman–Crippen LogP) is 1.14. The van der Waals surface area contributed by atoms with Crippen LogP contribution in [0.5, 0.6) is 0 Å². The molecular weight excluding hydrogens is 491 g/mol. The summed E-state index contributed by atoms with van der Waals surface area (Å²) in [4.78, 5) is 18.8. The number of rotatable bonds is 2. The van der Waals surface area contributed by atoms with Gasteiger partial charge in [0.1, 0.15) is 0 Å². The van der Waals surface area contributed by atoms with Crippen molar-refractivity contribution in [2.24, 2.45) is 0 Å². The second-order valence-corrected chi connectivity index (χ2v) is 3.88. The molecule has 0 spiro atoms. The molecule has 19 heteroatoms. The molecule has 0 bridgehead atoms. The molecule has 0 amide bonds. The predicted molar refractivity (Wildman–Crippen MR) is 41.9 cm³/mol. The van der Waals surface area contributed by atoms with Crippen LogP contribution < -0.4 is 10.2 Å². The minimum Gasteiger partial charge on any atom is -0.546 e. The molecule has 0 N–H and O–H groups in total. The van der Waals surface area contributed by atoms with Crippen molar-refractivity contribution in [1.82, 2.24) is 0 Å². The second-order valence-electron chi connectivity index (χ2n) is 3.88. The Kier molecular flexibility index (Phi) is 9.32. The summed E-state index contributed by atoms with van der Waals surface area (Å²) in [6.45, 7) is 0. The number of hydrogen-bond donors (Lipinski definition) is 0. The fourth-order valence-electron chi connectivity index (χ4n) is 0.784. The molecular formula is C8F14O4Zn. The van der Waals surface area contributed by atoms with Crippen molar-refractivity contribution in [3.63, 3.8) is 0 Å². The van der Waals surface area contributed by atoms with Gasteiger partial charge in [-0.3, -0.25) is 0 Å². The number of aliphatic carboxylic acids is 2. The van der Waals surface area contributed by atoms with Gasteiger partial charge in [0.05, 0.1) is 11.9 Å². The van der Waals surface area contributed by atoms with Gasteiger partial charge >= 0.3 is 55.5 Å². The number of carboxylic acids is 2. The van der Waals surface area contributed by atoms with Gasteiger partial charge in [0.25, 0.3) is 0 Å². The zero-order valence-corrected chi connectivity index (χ0v) is 14.6. The minimum atomic E-state index is -6.59. The van der Waals surface area contributed by atoms with E-state index in [-0.39, 0.29) is 19.5 Å².